The topological polar surface area (TPSA) is 34.1 Å². The summed E-state index contributed by atoms with van der Waals surface area (Å²) in [6.45, 7) is 1.95. The molecule has 0 spiro atoms. The van der Waals surface area contributed by atoms with Crippen molar-refractivity contribution in [2.45, 2.75) is 96.8 Å². The van der Waals surface area contributed by atoms with Crippen LogP contribution in [0.5, 0.6) is 0 Å². The maximum Gasteiger partial charge on any atom is 0.132 e. The number of carbonyl (C=O) groups excluding carboxylic acids is 2. The SMILES string of the molecule is CCC(=O)CCCCCCCCCCCCCC=O. The molecule has 0 N–H and O–H groups in total. The Morgan fingerprint density at radius 2 is 1.16 bits per heavy atom. The maximum atomic E-state index is 11.1. The molecule has 2 nitrogen and oxygen atoms in total. The average molecular weight is 268 g/mol. The van der Waals surface area contributed by atoms with Crippen LogP contribution < -0.4 is 0 Å². The van der Waals surface area contributed by atoms with Crippen LogP contribution in [0, 0.1) is 0 Å². The zero-order valence-electron chi connectivity index (χ0n) is 12.8. The zero-order chi connectivity index (χ0) is 14.2. The lowest BCUT2D eigenvalue weighted by Crippen LogP contribution is -1.94. The van der Waals surface area contributed by atoms with Gasteiger partial charge >= 0.3 is 0 Å². The van der Waals surface area contributed by atoms with Crippen LogP contribution in [0.15, 0.2) is 0 Å². The van der Waals surface area contributed by atoms with E-state index >= 15 is 0 Å². The molecule has 2 heteroatoms. The van der Waals surface area contributed by atoms with Gasteiger partial charge < -0.3 is 4.79 Å². The average Bonchev–Trinajstić information content (AvgIpc) is 2.43. The lowest BCUT2D eigenvalue weighted by atomic mass is 10.0. The van der Waals surface area contributed by atoms with E-state index < -0.39 is 0 Å². The van der Waals surface area contributed by atoms with Crippen molar-refractivity contribution in [2.24, 2.45) is 0 Å². The molecule has 0 bridgehead atoms. The molecule has 0 heterocycles. The monoisotopic (exact) mass is 268 g/mol. The predicted octanol–water partition coefficient (Wildman–Crippen LogP) is 5.24. The lowest BCUT2D eigenvalue weighted by molar-refractivity contribution is -0.118. The smallest absolute Gasteiger partial charge is 0.132 e. The summed E-state index contributed by atoms with van der Waals surface area (Å²) in [7, 11) is 0. The molecule has 19 heavy (non-hydrogen) atoms. The van der Waals surface area contributed by atoms with Crippen molar-refractivity contribution in [2.75, 3.05) is 0 Å². The van der Waals surface area contributed by atoms with Gasteiger partial charge in [0.15, 0.2) is 0 Å². The van der Waals surface area contributed by atoms with Crippen molar-refractivity contribution < 1.29 is 9.59 Å². The molecule has 112 valence electrons. The first-order valence-electron chi connectivity index (χ1n) is 8.26. The molecule has 0 saturated heterocycles. The van der Waals surface area contributed by atoms with Crippen molar-refractivity contribution in [3.05, 3.63) is 0 Å². The van der Waals surface area contributed by atoms with Crippen LogP contribution in [0.1, 0.15) is 96.8 Å². The van der Waals surface area contributed by atoms with Gasteiger partial charge in [-0.3, -0.25) is 4.79 Å². The van der Waals surface area contributed by atoms with Crippen LogP contribution >= 0.6 is 0 Å². The Morgan fingerprint density at radius 1 is 0.737 bits per heavy atom. The molecule has 0 atom stereocenters. The van der Waals surface area contributed by atoms with Gasteiger partial charge in [0.2, 0.25) is 0 Å². The van der Waals surface area contributed by atoms with Gasteiger partial charge in [-0.15, -0.1) is 0 Å². The van der Waals surface area contributed by atoms with E-state index in [1.807, 2.05) is 6.92 Å². The molecule has 0 amide bonds. The molecule has 0 aliphatic heterocycles. The molecule has 0 aromatic carbocycles. The minimum Gasteiger partial charge on any atom is -0.303 e. The third kappa shape index (κ3) is 15.3. The Balaban J connectivity index is 2.99. The van der Waals surface area contributed by atoms with Gasteiger partial charge in [0, 0.05) is 19.3 Å². The standard InChI is InChI=1S/C17H32O2/c1-2-17(19)15-13-11-9-7-5-3-4-6-8-10-12-14-16-18/h16H,2-15H2,1H3. The number of carbonyl (C=O) groups is 2. The number of aldehydes is 1. The molecule has 0 aromatic rings. The second kappa shape index (κ2) is 15.4. The van der Waals surface area contributed by atoms with Crippen LogP contribution in [-0.2, 0) is 9.59 Å². The Kier molecular flexibility index (Phi) is 14.9. The summed E-state index contributed by atoms with van der Waals surface area (Å²) in [5.74, 6) is 0.412. The summed E-state index contributed by atoms with van der Waals surface area (Å²) >= 11 is 0. The van der Waals surface area contributed by atoms with E-state index in [2.05, 4.69) is 0 Å². The Hall–Kier alpha value is -0.660. The highest BCUT2D eigenvalue weighted by Gasteiger charge is 1.97. The minimum absolute atomic E-state index is 0.412. The first-order chi connectivity index (χ1) is 9.31. The molecule has 0 radical (unpaired) electrons. The van der Waals surface area contributed by atoms with E-state index in [0.717, 1.165) is 32.0 Å². The van der Waals surface area contributed by atoms with Crippen LogP contribution in [-0.4, -0.2) is 12.1 Å². The highest BCUT2D eigenvalue weighted by atomic mass is 16.1. The van der Waals surface area contributed by atoms with Crippen molar-refractivity contribution in [3.8, 4) is 0 Å². The molecule has 0 unspecified atom stereocenters. The third-order valence-corrected chi connectivity index (χ3v) is 3.67. The first kappa shape index (κ1) is 18.3. The van der Waals surface area contributed by atoms with Gasteiger partial charge in [-0.1, -0.05) is 64.7 Å². The summed E-state index contributed by atoms with van der Waals surface area (Å²) in [5.41, 5.74) is 0. The summed E-state index contributed by atoms with van der Waals surface area (Å²) in [6.07, 6.45) is 17.1. The Labute approximate surface area is 119 Å². The van der Waals surface area contributed by atoms with Crippen LogP contribution in [0.2, 0.25) is 0 Å². The predicted molar refractivity (Wildman–Crippen MR) is 81.4 cm³/mol. The fourth-order valence-corrected chi connectivity index (χ4v) is 2.32. The summed E-state index contributed by atoms with van der Waals surface area (Å²) in [5, 5.41) is 0. The number of unbranched alkanes of at least 4 members (excludes halogenated alkanes) is 11. The molecule has 0 aliphatic carbocycles. The van der Waals surface area contributed by atoms with Crippen LogP contribution in [0.4, 0.5) is 0 Å². The number of hydrogen-bond acceptors (Lipinski definition) is 2. The fraction of sp³-hybridized carbons (Fsp3) is 0.882. The van der Waals surface area contributed by atoms with Crippen molar-refractivity contribution in [1.29, 1.82) is 0 Å². The molecule has 0 aromatic heterocycles. The lowest BCUT2D eigenvalue weighted by Gasteiger charge is -2.02. The third-order valence-electron chi connectivity index (χ3n) is 3.67. The van der Waals surface area contributed by atoms with Gasteiger partial charge in [0.05, 0.1) is 0 Å². The number of Topliss-reactive ketones (excluding diaryl/α,β-unsaturated/α-hetero) is 1. The maximum absolute atomic E-state index is 11.1. The second-order valence-electron chi connectivity index (χ2n) is 5.49. The highest BCUT2D eigenvalue weighted by Crippen LogP contribution is 2.12. The van der Waals surface area contributed by atoms with E-state index in [0.29, 0.717) is 12.2 Å². The molecule has 0 aliphatic rings. The minimum atomic E-state index is 0.412. The van der Waals surface area contributed by atoms with E-state index in [9.17, 15) is 9.59 Å². The van der Waals surface area contributed by atoms with Crippen molar-refractivity contribution in [3.63, 3.8) is 0 Å². The Bertz CT molecular complexity index is 211. The first-order valence-corrected chi connectivity index (χ1v) is 8.26. The van der Waals surface area contributed by atoms with Crippen molar-refractivity contribution >= 4 is 12.1 Å². The summed E-state index contributed by atoms with van der Waals surface area (Å²) < 4.78 is 0. The normalized spacial score (nSPS) is 10.6. The molecule has 0 saturated carbocycles. The van der Waals surface area contributed by atoms with Crippen LogP contribution in [0.3, 0.4) is 0 Å². The zero-order valence-corrected chi connectivity index (χ0v) is 12.8. The number of ketones is 1. The van der Waals surface area contributed by atoms with Gasteiger partial charge in [0.25, 0.3) is 0 Å². The molecule has 0 rings (SSSR count). The highest BCUT2D eigenvalue weighted by molar-refractivity contribution is 5.77. The van der Waals surface area contributed by atoms with Gasteiger partial charge in [0.1, 0.15) is 12.1 Å². The quantitative estimate of drug-likeness (QED) is 0.301. The van der Waals surface area contributed by atoms with E-state index in [1.54, 1.807) is 0 Å². The number of rotatable bonds is 15. The summed E-state index contributed by atoms with van der Waals surface area (Å²) in [4.78, 5) is 21.2. The second-order valence-corrected chi connectivity index (χ2v) is 5.49. The van der Waals surface area contributed by atoms with Gasteiger partial charge in [-0.2, -0.15) is 0 Å². The molecule has 0 fully saturated rings. The largest absolute Gasteiger partial charge is 0.303 e. The van der Waals surface area contributed by atoms with Crippen LogP contribution in [0.25, 0.3) is 0 Å². The number of hydrogen-bond donors (Lipinski definition) is 0. The summed E-state index contributed by atoms with van der Waals surface area (Å²) in [6, 6.07) is 0. The Morgan fingerprint density at radius 3 is 1.58 bits per heavy atom. The van der Waals surface area contributed by atoms with E-state index in [1.165, 1.54) is 57.8 Å². The van der Waals surface area contributed by atoms with E-state index in [-0.39, 0.29) is 0 Å². The van der Waals surface area contributed by atoms with Gasteiger partial charge in [-0.25, -0.2) is 0 Å². The fourth-order valence-electron chi connectivity index (χ4n) is 2.32. The van der Waals surface area contributed by atoms with E-state index in [4.69, 9.17) is 0 Å². The van der Waals surface area contributed by atoms with Gasteiger partial charge in [-0.05, 0) is 12.8 Å². The molecular weight excluding hydrogens is 236 g/mol. The van der Waals surface area contributed by atoms with Crippen molar-refractivity contribution in [1.82, 2.24) is 0 Å². The molecular formula is C17H32O2.